The zero-order valence-corrected chi connectivity index (χ0v) is 24.1. The summed E-state index contributed by atoms with van der Waals surface area (Å²) < 4.78 is 10.3. The third kappa shape index (κ3) is 13.9. The van der Waals surface area contributed by atoms with Crippen LogP contribution in [0.2, 0.25) is 0 Å². The second-order valence-corrected chi connectivity index (χ2v) is 11.0. The standard InChI is InChI=1S/C27H42N4O9/c1-7-39-24(33)15-20(16-30(35)36)22(13-19-11-9-8-10-12-19)28-23(32)14-21(17-31(37)38)25(18(2)3)29-26(34)40-27(4,5)6/h8-12,18,20-22,25H,7,13-17H2,1-6H3,(H,28,32)(H,29,34)/t20-,21-,22+,25+/m1/s1. The van der Waals surface area contributed by atoms with Gasteiger partial charge in [0.2, 0.25) is 19.0 Å². The number of ether oxygens (including phenoxy) is 2. The lowest BCUT2D eigenvalue weighted by Crippen LogP contribution is -2.50. The molecule has 1 rings (SSSR count). The van der Waals surface area contributed by atoms with Gasteiger partial charge in [-0.1, -0.05) is 44.2 Å². The van der Waals surface area contributed by atoms with E-state index < -0.39 is 70.4 Å². The van der Waals surface area contributed by atoms with Crippen LogP contribution in [-0.2, 0) is 25.5 Å². The van der Waals surface area contributed by atoms with Gasteiger partial charge >= 0.3 is 12.1 Å². The molecule has 0 aliphatic rings. The minimum absolute atomic E-state index is 0.101. The first-order valence-corrected chi connectivity index (χ1v) is 13.3. The highest BCUT2D eigenvalue weighted by Crippen LogP contribution is 2.21. The highest BCUT2D eigenvalue weighted by molar-refractivity contribution is 5.77. The maximum absolute atomic E-state index is 13.3. The van der Waals surface area contributed by atoms with Gasteiger partial charge in [0, 0.05) is 28.4 Å². The third-order valence-corrected chi connectivity index (χ3v) is 6.07. The van der Waals surface area contributed by atoms with Crippen molar-refractivity contribution in [2.24, 2.45) is 17.8 Å². The van der Waals surface area contributed by atoms with Gasteiger partial charge < -0.3 is 20.1 Å². The zero-order chi connectivity index (χ0) is 30.5. The SMILES string of the molecule is CCOC(=O)C[C@H](C[N+](=O)[O-])[C@H](Cc1ccccc1)NC(=O)C[C@H](C[N+](=O)[O-])[C@@H](NC(=O)OC(C)(C)C)C(C)C. The summed E-state index contributed by atoms with van der Waals surface area (Å²) in [6, 6.07) is 7.35. The van der Waals surface area contributed by atoms with Crippen LogP contribution in [0.25, 0.3) is 0 Å². The maximum atomic E-state index is 13.3. The molecule has 0 saturated heterocycles. The molecule has 1 aromatic carbocycles. The molecular weight excluding hydrogens is 524 g/mol. The summed E-state index contributed by atoms with van der Waals surface area (Å²) in [4.78, 5) is 59.9. The molecule has 0 aromatic heterocycles. The molecule has 2 amide bonds. The summed E-state index contributed by atoms with van der Waals surface area (Å²) >= 11 is 0. The fraction of sp³-hybridized carbons (Fsp3) is 0.667. The van der Waals surface area contributed by atoms with Gasteiger partial charge in [0.05, 0.1) is 24.9 Å². The number of esters is 1. The molecule has 40 heavy (non-hydrogen) atoms. The van der Waals surface area contributed by atoms with Gasteiger partial charge in [-0.15, -0.1) is 0 Å². The Balaban J connectivity index is 3.25. The Labute approximate surface area is 234 Å². The number of rotatable bonds is 16. The lowest BCUT2D eigenvalue weighted by Gasteiger charge is -2.31. The average Bonchev–Trinajstić information content (AvgIpc) is 2.80. The van der Waals surface area contributed by atoms with Gasteiger partial charge in [-0.3, -0.25) is 29.8 Å². The van der Waals surface area contributed by atoms with Gasteiger partial charge in [0.1, 0.15) is 5.60 Å². The smallest absolute Gasteiger partial charge is 0.407 e. The molecule has 0 aliphatic carbocycles. The Morgan fingerprint density at radius 2 is 1.50 bits per heavy atom. The normalized spacial score (nSPS) is 14.4. The maximum Gasteiger partial charge on any atom is 0.407 e. The van der Waals surface area contributed by atoms with Crippen LogP contribution in [0.1, 0.15) is 59.9 Å². The second-order valence-electron chi connectivity index (χ2n) is 11.0. The van der Waals surface area contributed by atoms with Crippen molar-refractivity contribution in [2.45, 2.75) is 78.5 Å². The van der Waals surface area contributed by atoms with E-state index in [0.717, 1.165) is 5.56 Å². The van der Waals surface area contributed by atoms with Gasteiger partial charge in [-0.05, 0) is 45.6 Å². The molecule has 13 nitrogen and oxygen atoms in total. The first kappa shape index (κ1) is 34.3. The molecule has 13 heteroatoms. The van der Waals surface area contributed by atoms with E-state index in [0.29, 0.717) is 0 Å². The van der Waals surface area contributed by atoms with Crippen molar-refractivity contribution in [1.29, 1.82) is 0 Å². The first-order chi connectivity index (χ1) is 18.6. The lowest BCUT2D eigenvalue weighted by atomic mass is 9.86. The summed E-state index contributed by atoms with van der Waals surface area (Å²) in [5, 5.41) is 28.4. The van der Waals surface area contributed by atoms with Crippen molar-refractivity contribution in [3.8, 4) is 0 Å². The summed E-state index contributed by atoms with van der Waals surface area (Å²) in [5.41, 5.74) is -0.0181. The van der Waals surface area contributed by atoms with E-state index >= 15 is 0 Å². The van der Waals surface area contributed by atoms with Crippen LogP contribution in [0, 0.1) is 38.0 Å². The summed E-state index contributed by atoms with van der Waals surface area (Å²) in [6.07, 6.45) is -1.20. The van der Waals surface area contributed by atoms with Crippen LogP contribution in [0.15, 0.2) is 30.3 Å². The summed E-state index contributed by atoms with van der Waals surface area (Å²) in [6.45, 7) is 9.10. The Morgan fingerprint density at radius 1 is 0.925 bits per heavy atom. The number of hydrogen-bond acceptors (Lipinski definition) is 9. The number of benzene rings is 1. The molecule has 224 valence electrons. The predicted octanol–water partition coefficient (Wildman–Crippen LogP) is 3.39. The highest BCUT2D eigenvalue weighted by Gasteiger charge is 2.35. The van der Waals surface area contributed by atoms with Crippen LogP contribution < -0.4 is 10.6 Å². The molecule has 1 aromatic rings. The molecule has 0 unspecified atom stereocenters. The van der Waals surface area contributed by atoms with E-state index in [9.17, 15) is 34.6 Å². The molecule has 0 aliphatic heterocycles. The fourth-order valence-electron chi connectivity index (χ4n) is 4.44. The monoisotopic (exact) mass is 566 g/mol. The van der Waals surface area contributed by atoms with Crippen molar-refractivity contribution in [3.63, 3.8) is 0 Å². The number of hydrogen-bond donors (Lipinski definition) is 2. The quantitative estimate of drug-likeness (QED) is 0.172. The molecule has 0 fully saturated rings. The Bertz CT molecular complexity index is 995. The van der Waals surface area contributed by atoms with Gasteiger partial charge in [0.25, 0.3) is 0 Å². The molecule has 2 N–H and O–H groups in total. The number of amides is 2. The van der Waals surface area contributed by atoms with E-state index in [1.807, 2.05) is 0 Å². The Morgan fingerprint density at radius 3 is 2.00 bits per heavy atom. The van der Waals surface area contributed by atoms with Crippen molar-refractivity contribution < 1.29 is 33.7 Å². The van der Waals surface area contributed by atoms with Gasteiger partial charge in [0.15, 0.2) is 0 Å². The van der Waals surface area contributed by atoms with Crippen molar-refractivity contribution in [2.75, 3.05) is 19.7 Å². The zero-order valence-electron chi connectivity index (χ0n) is 24.1. The summed E-state index contributed by atoms with van der Waals surface area (Å²) in [5.74, 6) is -3.31. The van der Waals surface area contributed by atoms with E-state index in [2.05, 4.69) is 10.6 Å². The van der Waals surface area contributed by atoms with Crippen molar-refractivity contribution in [1.82, 2.24) is 10.6 Å². The number of nitrogens with zero attached hydrogens (tertiary/aromatic N) is 2. The number of carbonyl (C=O) groups excluding carboxylic acids is 3. The number of nitrogens with one attached hydrogen (secondary N) is 2. The lowest BCUT2D eigenvalue weighted by molar-refractivity contribution is -0.489. The number of nitro groups is 2. The van der Waals surface area contributed by atoms with Crippen LogP contribution in [-0.4, -0.2) is 65.2 Å². The van der Waals surface area contributed by atoms with E-state index in [1.54, 1.807) is 71.9 Å². The number of carbonyl (C=O) groups is 3. The number of alkyl carbamates (subject to hydrolysis) is 1. The Kier molecular flexibility index (Phi) is 14.0. The van der Waals surface area contributed by atoms with Gasteiger partial charge in [-0.2, -0.15) is 0 Å². The molecule has 0 spiro atoms. The van der Waals surface area contributed by atoms with Crippen molar-refractivity contribution >= 4 is 18.0 Å². The van der Waals surface area contributed by atoms with Crippen LogP contribution >= 0.6 is 0 Å². The van der Waals surface area contributed by atoms with Crippen molar-refractivity contribution in [3.05, 3.63) is 56.1 Å². The minimum Gasteiger partial charge on any atom is -0.466 e. The highest BCUT2D eigenvalue weighted by atomic mass is 16.6. The predicted molar refractivity (Wildman–Crippen MR) is 147 cm³/mol. The van der Waals surface area contributed by atoms with E-state index in [-0.39, 0.29) is 31.8 Å². The van der Waals surface area contributed by atoms with Crippen LogP contribution in [0.4, 0.5) is 4.79 Å². The topological polar surface area (TPSA) is 180 Å². The molecule has 4 atom stereocenters. The molecule has 0 saturated carbocycles. The largest absolute Gasteiger partial charge is 0.466 e. The van der Waals surface area contributed by atoms with E-state index in [4.69, 9.17) is 9.47 Å². The van der Waals surface area contributed by atoms with Gasteiger partial charge in [-0.25, -0.2) is 4.79 Å². The molecule has 0 bridgehead atoms. The second kappa shape index (κ2) is 16.4. The third-order valence-electron chi connectivity index (χ3n) is 6.07. The van der Waals surface area contributed by atoms with E-state index in [1.165, 1.54) is 0 Å². The minimum atomic E-state index is -0.904. The Hall–Kier alpha value is -3.77. The summed E-state index contributed by atoms with van der Waals surface area (Å²) in [7, 11) is 0. The first-order valence-electron chi connectivity index (χ1n) is 13.3. The molecule has 0 radical (unpaired) electrons. The molecule has 0 heterocycles. The average molecular weight is 567 g/mol. The van der Waals surface area contributed by atoms with Crippen LogP contribution in [0.3, 0.4) is 0 Å². The fourth-order valence-corrected chi connectivity index (χ4v) is 4.44. The molecular formula is C27H42N4O9. The van der Waals surface area contributed by atoms with Crippen LogP contribution in [0.5, 0.6) is 0 Å².